The summed E-state index contributed by atoms with van der Waals surface area (Å²) < 4.78 is 6.12. The van der Waals surface area contributed by atoms with Crippen molar-refractivity contribution < 1.29 is 4.42 Å². The number of rotatable bonds is 3. The van der Waals surface area contributed by atoms with Gasteiger partial charge in [0.15, 0.2) is 11.7 Å². The summed E-state index contributed by atoms with van der Waals surface area (Å²) in [7, 11) is 0. The minimum absolute atomic E-state index is 0.146. The molecule has 3 aromatic rings. The second kappa shape index (κ2) is 5.80. The van der Waals surface area contributed by atoms with Crippen LogP contribution in [0.3, 0.4) is 0 Å². The van der Waals surface area contributed by atoms with E-state index in [2.05, 4.69) is 45.0 Å². The number of benzene rings is 2. The largest absolute Gasteiger partial charge is 0.440 e. The Balaban J connectivity index is 2.11. The predicted molar refractivity (Wildman–Crippen MR) is 90.5 cm³/mol. The number of nitrogens with zero attached hydrogens (tertiary/aromatic N) is 1. The summed E-state index contributed by atoms with van der Waals surface area (Å²) in [4.78, 5) is 4.78. The van der Waals surface area contributed by atoms with Gasteiger partial charge in [0.25, 0.3) is 0 Å². The molecule has 0 N–H and O–H groups in total. The molecule has 0 saturated carbocycles. The maximum atomic E-state index is 6.12. The molecule has 22 heavy (non-hydrogen) atoms. The van der Waals surface area contributed by atoms with Crippen LogP contribution in [0.2, 0.25) is 0 Å². The third-order valence-electron chi connectivity index (χ3n) is 3.44. The van der Waals surface area contributed by atoms with Crippen LogP contribution in [0.4, 0.5) is 0 Å². The average molecular weight is 291 g/mol. The van der Waals surface area contributed by atoms with E-state index in [0.717, 1.165) is 34.9 Å². The Labute approximate surface area is 131 Å². The Morgan fingerprint density at radius 3 is 1.91 bits per heavy atom. The molecule has 0 spiro atoms. The Hall–Kier alpha value is -2.35. The molecule has 0 radical (unpaired) electrons. The first-order valence-electron chi connectivity index (χ1n) is 7.63. The van der Waals surface area contributed by atoms with Gasteiger partial charge in [-0.25, -0.2) is 4.98 Å². The second-order valence-electron chi connectivity index (χ2n) is 6.75. The van der Waals surface area contributed by atoms with Gasteiger partial charge in [0.1, 0.15) is 5.69 Å². The van der Waals surface area contributed by atoms with Crippen LogP contribution in [-0.4, -0.2) is 4.98 Å². The fraction of sp³-hybridized carbons (Fsp3) is 0.250. The molecule has 3 rings (SSSR count). The number of aromatic nitrogens is 1. The molecule has 0 unspecified atom stereocenters. The van der Waals surface area contributed by atoms with Crippen molar-refractivity contribution in [2.75, 3.05) is 0 Å². The Kier molecular flexibility index (Phi) is 3.84. The van der Waals surface area contributed by atoms with Crippen LogP contribution in [-0.2, 0) is 6.42 Å². The molecular weight excluding hydrogens is 270 g/mol. The van der Waals surface area contributed by atoms with E-state index in [9.17, 15) is 0 Å². The maximum Gasteiger partial charge on any atom is 0.196 e. The lowest BCUT2D eigenvalue weighted by atomic mass is 9.92. The zero-order valence-electron chi connectivity index (χ0n) is 13.3. The van der Waals surface area contributed by atoms with Gasteiger partial charge in [0.05, 0.1) is 0 Å². The molecule has 0 amide bonds. The van der Waals surface area contributed by atoms with Gasteiger partial charge >= 0.3 is 0 Å². The van der Waals surface area contributed by atoms with E-state index in [-0.39, 0.29) is 5.41 Å². The van der Waals surface area contributed by atoms with Crippen LogP contribution < -0.4 is 0 Å². The van der Waals surface area contributed by atoms with Crippen LogP contribution in [0.15, 0.2) is 65.1 Å². The monoisotopic (exact) mass is 291 g/mol. The number of oxazole rings is 1. The van der Waals surface area contributed by atoms with E-state index < -0.39 is 0 Å². The van der Waals surface area contributed by atoms with Crippen molar-refractivity contribution in [1.29, 1.82) is 0 Å². The molecule has 2 aromatic carbocycles. The van der Waals surface area contributed by atoms with E-state index in [1.54, 1.807) is 0 Å². The summed E-state index contributed by atoms with van der Waals surface area (Å²) in [5, 5.41) is 0. The first kappa shape index (κ1) is 14.6. The van der Waals surface area contributed by atoms with Gasteiger partial charge in [-0.1, -0.05) is 81.4 Å². The van der Waals surface area contributed by atoms with Crippen LogP contribution in [0.1, 0.15) is 26.7 Å². The van der Waals surface area contributed by atoms with Crippen LogP contribution in [0, 0.1) is 5.41 Å². The highest BCUT2D eigenvalue weighted by Crippen LogP contribution is 2.34. The predicted octanol–water partition coefficient (Wildman–Crippen LogP) is 5.60. The first-order chi connectivity index (χ1) is 10.5. The first-order valence-corrected chi connectivity index (χ1v) is 7.63. The summed E-state index contributed by atoms with van der Waals surface area (Å²) in [5.74, 6) is 1.65. The summed E-state index contributed by atoms with van der Waals surface area (Å²) in [6.07, 6.45) is 0.819. The standard InChI is InChI=1S/C20H21NO/c1-20(2,3)14-17-21-18(15-10-6-4-7-11-15)19(22-17)16-12-8-5-9-13-16/h4-13H,14H2,1-3H3. The van der Waals surface area contributed by atoms with Crippen molar-refractivity contribution in [3.63, 3.8) is 0 Å². The molecule has 0 aliphatic carbocycles. The summed E-state index contributed by atoms with van der Waals surface area (Å²) in [5.41, 5.74) is 3.22. The minimum Gasteiger partial charge on any atom is -0.440 e. The molecule has 0 atom stereocenters. The molecule has 112 valence electrons. The van der Waals surface area contributed by atoms with Crippen molar-refractivity contribution in [1.82, 2.24) is 4.98 Å². The second-order valence-corrected chi connectivity index (χ2v) is 6.75. The Bertz CT molecular complexity index is 679. The lowest BCUT2D eigenvalue weighted by molar-refractivity contribution is 0.357. The number of hydrogen-bond acceptors (Lipinski definition) is 2. The zero-order valence-corrected chi connectivity index (χ0v) is 13.3. The SMILES string of the molecule is CC(C)(C)Cc1nc(-c2ccccc2)c(-c2ccccc2)o1. The normalized spacial score (nSPS) is 11.6. The third kappa shape index (κ3) is 3.28. The molecular formula is C20H21NO. The molecule has 2 nitrogen and oxygen atoms in total. The fourth-order valence-corrected chi connectivity index (χ4v) is 2.47. The van der Waals surface area contributed by atoms with E-state index in [1.807, 2.05) is 36.4 Å². The van der Waals surface area contributed by atoms with E-state index in [4.69, 9.17) is 9.40 Å². The lowest BCUT2D eigenvalue weighted by Gasteiger charge is -2.14. The van der Waals surface area contributed by atoms with Crippen LogP contribution >= 0.6 is 0 Å². The highest BCUT2D eigenvalue weighted by molar-refractivity contribution is 5.76. The van der Waals surface area contributed by atoms with Gasteiger partial charge in [0.2, 0.25) is 0 Å². The molecule has 0 aliphatic rings. The van der Waals surface area contributed by atoms with Gasteiger partial charge < -0.3 is 4.42 Å². The fourth-order valence-electron chi connectivity index (χ4n) is 2.47. The highest BCUT2D eigenvalue weighted by atomic mass is 16.4. The molecule has 0 saturated heterocycles. The van der Waals surface area contributed by atoms with Gasteiger partial charge in [-0.2, -0.15) is 0 Å². The average Bonchev–Trinajstić information content (AvgIpc) is 2.91. The summed E-state index contributed by atoms with van der Waals surface area (Å²) >= 11 is 0. The minimum atomic E-state index is 0.146. The zero-order chi connectivity index (χ0) is 15.6. The number of hydrogen-bond donors (Lipinski definition) is 0. The maximum absolute atomic E-state index is 6.12. The van der Waals surface area contributed by atoms with Crippen molar-refractivity contribution in [3.8, 4) is 22.6 Å². The quantitative estimate of drug-likeness (QED) is 0.628. The van der Waals surface area contributed by atoms with Crippen molar-refractivity contribution in [3.05, 3.63) is 66.6 Å². The molecule has 0 fully saturated rings. The highest BCUT2D eigenvalue weighted by Gasteiger charge is 2.20. The van der Waals surface area contributed by atoms with Crippen LogP contribution in [0.5, 0.6) is 0 Å². The van der Waals surface area contributed by atoms with Crippen molar-refractivity contribution >= 4 is 0 Å². The Morgan fingerprint density at radius 2 is 1.36 bits per heavy atom. The molecule has 1 aromatic heterocycles. The molecule has 0 bridgehead atoms. The molecule has 0 aliphatic heterocycles. The lowest BCUT2D eigenvalue weighted by Crippen LogP contribution is -2.09. The van der Waals surface area contributed by atoms with Gasteiger partial charge in [-0.15, -0.1) is 0 Å². The van der Waals surface area contributed by atoms with E-state index in [1.165, 1.54) is 0 Å². The van der Waals surface area contributed by atoms with Crippen molar-refractivity contribution in [2.45, 2.75) is 27.2 Å². The summed E-state index contributed by atoms with van der Waals surface area (Å²) in [6, 6.07) is 20.4. The third-order valence-corrected chi connectivity index (χ3v) is 3.44. The van der Waals surface area contributed by atoms with E-state index in [0.29, 0.717) is 0 Å². The molecule has 2 heteroatoms. The van der Waals surface area contributed by atoms with Gasteiger partial charge in [0, 0.05) is 17.5 Å². The molecule has 1 heterocycles. The topological polar surface area (TPSA) is 26.0 Å². The Morgan fingerprint density at radius 1 is 0.818 bits per heavy atom. The van der Waals surface area contributed by atoms with E-state index >= 15 is 0 Å². The van der Waals surface area contributed by atoms with Gasteiger partial charge in [-0.05, 0) is 5.41 Å². The summed E-state index contributed by atoms with van der Waals surface area (Å²) in [6.45, 7) is 6.59. The van der Waals surface area contributed by atoms with Crippen LogP contribution in [0.25, 0.3) is 22.6 Å². The van der Waals surface area contributed by atoms with Crippen molar-refractivity contribution in [2.24, 2.45) is 5.41 Å². The smallest absolute Gasteiger partial charge is 0.196 e. The van der Waals surface area contributed by atoms with Gasteiger partial charge in [-0.3, -0.25) is 0 Å².